The van der Waals surface area contributed by atoms with Gasteiger partial charge in [-0.15, -0.1) is 11.3 Å². The molecular formula is C23H23N3O4S. The van der Waals surface area contributed by atoms with Crippen LogP contribution in [0.1, 0.15) is 37.4 Å². The van der Waals surface area contributed by atoms with Crippen molar-refractivity contribution in [1.82, 2.24) is 5.43 Å². The molecule has 7 nitrogen and oxygen atoms in total. The number of nitrogens with zero attached hydrogens (tertiary/aromatic N) is 1. The summed E-state index contributed by atoms with van der Waals surface area (Å²) in [5, 5.41) is 7.07. The zero-order valence-electron chi connectivity index (χ0n) is 17.7. The Bertz CT molecular complexity index is 1120. The van der Waals surface area contributed by atoms with Gasteiger partial charge in [0, 0.05) is 22.2 Å². The number of anilines is 1. The van der Waals surface area contributed by atoms with Crippen LogP contribution in [-0.2, 0) is 0 Å². The molecule has 0 fully saturated rings. The second kappa shape index (κ2) is 9.90. The van der Waals surface area contributed by atoms with E-state index in [0.717, 1.165) is 10.4 Å². The first-order valence-corrected chi connectivity index (χ1v) is 10.3. The highest BCUT2D eigenvalue weighted by Gasteiger charge is 2.11. The molecule has 8 heteroatoms. The summed E-state index contributed by atoms with van der Waals surface area (Å²) in [5.41, 5.74) is 4.90. The van der Waals surface area contributed by atoms with Crippen LogP contribution in [0.15, 0.2) is 59.7 Å². The minimum atomic E-state index is -0.394. The van der Waals surface area contributed by atoms with Crippen LogP contribution in [0.2, 0.25) is 0 Å². The van der Waals surface area contributed by atoms with Crippen molar-refractivity contribution in [3.8, 4) is 11.5 Å². The number of hydrogen-bond acceptors (Lipinski definition) is 6. The fourth-order valence-corrected chi connectivity index (χ4v) is 3.54. The molecule has 2 amide bonds. The Hall–Kier alpha value is -3.65. The Labute approximate surface area is 184 Å². The lowest BCUT2D eigenvalue weighted by Gasteiger charge is -2.09. The highest BCUT2D eigenvalue weighted by Crippen LogP contribution is 2.22. The molecule has 1 aromatic heterocycles. The van der Waals surface area contributed by atoms with E-state index in [0.29, 0.717) is 33.3 Å². The molecule has 0 aliphatic rings. The molecule has 0 spiro atoms. The van der Waals surface area contributed by atoms with Gasteiger partial charge in [-0.2, -0.15) is 5.10 Å². The van der Waals surface area contributed by atoms with Crippen LogP contribution in [0, 0.1) is 6.92 Å². The molecule has 0 radical (unpaired) electrons. The lowest BCUT2D eigenvalue weighted by Crippen LogP contribution is -2.19. The van der Waals surface area contributed by atoms with Gasteiger partial charge < -0.3 is 14.8 Å². The first-order chi connectivity index (χ1) is 14.9. The highest BCUT2D eigenvalue weighted by atomic mass is 32.1. The van der Waals surface area contributed by atoms with E-state index in [1.807, 2.05) is 25.1 Å². The van der Waals surface area contributed by atoms with E-state index in [1.54, 1.807) is 43.3 Å². The summed E-state index contributed by atoms with van der Waals surface area (Å²) < 4.78 is 10.4. The van der Waals surface area contributed by atoms with Crippen LogP contribution in [0.25, 0.3) is 0 Å². The SMILES string of the molecule is COc1cc(OC)cc(C(=O)NN=C(C)c2cccc(NC(=O)c3ccc(C)s3)c2)c1. The third-order valence-electron chi connectivity index (χ3n) is 4.44. The smallest absolute Gasteiger partial charge is 0.271 e. The predicted octanol–water partition coefficient (Wildman–Crippen LogP) is 4.48. The summed E-state index contributed by atoms with van der Waals surface area (Å²) in [5.74, 6) is 0.461. The summed E-state index contributed by atoms with van der Waals surface area (Å²) >= 11 is 1.44. The Balaban J connectivity index is 1.71. The van der Waals surface area contributed by atoms with Gasteiger partial charge in [-0.3, -0.25) is 9.59 Å². The van der Waals surface area contributed by atoms with E-state index >= 15 is 0 Å². The maximum Gasteiger partial charge on any atom is 0.271 e. The zero-order chi connectivity index (χ0) is 22.4. The van der Waals surface area contributed by atoms with Crippen molar-refractivity contribution in [3.05, 3.63) is 75.5 Å². The van der Waals surface area contributed by atoms with Crippen molar-refractivity contribution >= 4 is 34.6 Å². The van der Waals surface area contributed by atoms with Crippen molar-refractivity contribution in [3.63, 3.8) is 0 Å². The van der Waals surface area contributed by atoms with Gasteiger partial charge >= 0.3 is 0 Å². The number of amides is 2. The summed E-state index contributed by atoms with van der Waals surface area (Å²) in [4.78, 5) is 26.6. The first-order valence-electron chi connectivity index (χ1n) is 9.45. The van der Waals surface area contributed by atoms with E-state index in [-0.39, 0.29) is 5.91 Å². The fraction of sp³-hybridized carbons (Fsp3) is 0.174. The Morgan fingerprint density at radius 3 is 2.23 bits per heavy atom. The molecule has 0 bridgehead atoms. The second-order valence-corrected chi connectivity index (χ2v) is 7.97. The molecule has 1 heterocycles. The van der Waals surface area contributed by atoms with Crippen molar-refractivity contribution < 1.29 is 19.1 Å². The molecule has 0 atom stereocenters. The Morgan fingerprint density at radius 2 is 1.61 bits per heavy atom. The van der Waals surface area contributed by atoms with Gasteiger partial charge in [-0.25, -0.2) is 5.43 Å². The van der Waals surface area contributed by atoms with Gasteiger partial charge in [-0.1, -0.05) is 12.1 Å². The number of ether oxygens (including phenoxy) is 2. The average molecular weight is 438 g/mol. The average Bonchev–Trinajstić information content (AvgIpc) is 3.23. The molecule has 0 saturated carbocycles. The van der Waals surface area contributed by atoms with Gasteiger partial charge in [0.25, 0.3) is 11.8 Å². The number of carbonyl (C=O) groups is 2. The van der Waals surface area contributed by atoms with Crippen LogP contribution in [-0.4, -0.2) is 31.7 Å². The number of carbonyl (C=O) groups excluding carboxylic acids is 2. The topological polar surface area (TPSA) is 89.0 Å². The molecule has 0 unspecified atom stereocenters. The maximum atomic E-state index is 12.5. The molecule has 3 rings (SSSR count). The van der Waals surface area contributed by atoms with Gasteiger partial charge in [0.2, 0.25) is 0 Å². The number of rotatable bonds is 7. The Kier molecular flexibility index (Phi) is 7.04. The van der Waals surface area contributed by atoms with Crippen LogP contribution >= 0.6 is 11.3 Å². The number of methoxy groups -OCH3 is 2. The molecule has 2 N–H and O–H groups in total. The summed E-state index contributed by atoms with van der Waals surface area (Å²) in [6.07, 6.45) is 0. The van der Waals surface area contributed by atoms with Crippen molar-refractivity contribution in [2.45, 2.75) is 13.8 Å². The molecule has 2 aromatic carbocycles. The third kappa shape index (κ3) is 5.70. The van der Waals surface area contributed by atoms with Gasteiger partial charge in [0.15, 0.2) is 0 Å². The lowest BCUT2D eigenvalue weighted by atomic mass is 10.1. The highest BCUT2D eigenvalue weighted by molar-refractivity contribution is 7.14. The van der Waals surface area contributed by atoms with Gasteiger partial charge in [0.05, 0.1) is 24.8 Å². The molecule has 160 valence electrons. The molecule has 31 heavy (non-hydrogen) atoms. The van der Waals surface area contributed by atoms with Crippen molar-refractivity contribution in [2.24, 2.45) is 5.10 Å². The predicted molar refractivity (Wildman–Crippen MR) is 123 cm³/mol. The van der Waals surface area contributed by atoms with Crippen molar-refractivity contribution in [2.75, 3.05) is 19.5 Å². The van der Waals surface area contributed by atoms with Crippen LogP contribution < -0.4 is 20.2 Å². The van der Waals surface area contributed by atoms with E-state index in [2.05, 4.69) is 15.8 Å². The normalized spacial score (nSPS) is 11.0. The number of thiophene rings is 1. The first kappa shape index (κ1) is 22.0. The fourth-order valence-electron chi connectivity index (χ4n) is 2.77. The van der Waals surface area contributed by atoms with E-state index < -0.39 is 5.91 Å². The lowest BCUT2D eigenvalue weighted by molar-refractivity contribution is 0.0953. The third-order valence-corrected chi connectivity index (χ3v) is 5.44. The number of aryl methyl sites for hydroxylation is 1. The summed E-state index contributed by atoms with van der Waals surface area (Å²) in [6.45, 7) is 3.73. The second-order valence-electron chi connectivity index (χ2n) is 6.68. The van der Waals surface area contributed by atoms with E-state index in [1.165, 1.54) is 25.6 Å². The number of benzene rings is 2. The Morgan fingerprint density at radius 1 is 0.903 bits per heavy atom. The number of hydrogen-bond donors (Lipinski definition) is 2. The van der Waals surface area contributed by atoms with Crippen LogP contribution in [0.4, 0.5) is 5.69 Å². The maximum absolute atomic E-state index is 12.5. The summed E-state index contributed by atoms with van der Waals surface area (Å²) in [7, 11) is 3.04. The molecule has 0 aliphatic heterocycles. The minimum Gasteiger partial charge on any atom is -0.497 e. The minimum absolute atomic E-state index is 0.162. The molecule has 0 saturated heterocycles. The summed E-state index contributed by atoms with van der Waals surface area (Å²) in [6, 6.07) is 15.9. The number of nitrogens with one attached hydrogen (secondary N) is 2. The van der Waals surface area contributed by atoms with E-state index in [4.69, 9.17) is 9.47 Å². The number of hydrazone groups is 1. The van der Waals surface area contributed by atoms with Crippen LogP contribution in [0.5, 0.6) is 11.5 Å². The van der Waals surface area contributed by atoms with Gasteiger partial charge in [-0.05, 0) is 55.8 Å². The van der Waals surface area contributed by atoms with Crippen molar-refractivity contribution in [1.29, 1.82) is 0 Å². The van der Waals surface area contributed by atoms with E-state index in [9.17, 15) is 9.59 Å². The van der Waals surface area contributed by atoms with Gasteiger partial charge in [0.1, 0.15) is 11.5 Å². The monoisotopic (exact) mass is 437 g/mol. The van der Waals surface area contributed by atoms with Crippen LogP contribution in [0.3, 0.4) is 0 Å². The quantitative estimate of drug-likeness (QED) is 0.421. The largest absolute Gasteiger partial charge is 0.497 e. The zero-order valence-corrected chi connectivity index (χ0v) is 18.5. The standard InChI is InChI=1S/C23H23N3O4S/c1-14-8-9-21(31-14)23(28)24-18-7-5-6-16(10-18)15(2)25-26-22(27)17-11-19(29-3)13-20(12-17)30-4/h5-13H,1-4H3,(H,24,28)(H,26,27). The molecule has 3 aromatic rings. The molecule has 0 aliphatic carbocycles. The molecular weight excluding hydrogens is 414 g/mol.